The lowest BCUT2D eigenvalue weighted by Gasteiger charge is -2.21. The molecule has 2 rings (SSSR count). The van der Waals surface area contributed by atoms with E-state index >= 15 is 0 Å². The van der Waals surface area contributed by atoms with Crippen LogP contribution in [-0.2, 0) is 0 Å². The van der Waals surface area contributed by atoms with Crippen LogP contribution in [0.4, 0.5) is 0 Å². The van der Waals surface area contributed by atoms with Gasteiger partial charge in [0.05, 0.1) is 6.61 Å². The molecule has 0 amide bonds. The molecule has 0 aromatic heterocycles. The predicted molar refractivity (Wildman–Crippen MR) is 76.0 cm³/mol. The first-order chi connectivity index (χ1) is 8.85. The number of nitrogens with one attached hydrogen (secondary N) is 1. The Kier molecular flexibility index (Phi) is 5.06. The SMILES string of the molecule is CCCNC(CC1CC1)c1ccccc1OCC. The van der Waals surface area contributed by atoms with E-state index in [2.05, 4.69) is 36.5 Å². The Hall–Kier alpha value is -1.02. The van der Waals surface area contributed by atoms with Crippen molar-refractivity contribution in [2.45, 2.75) is 45.6 Å². The van der Waals surface area contributed by atoms with Crippen LogP contribution in [-0.4, -0.2) is 13.2 Å². The summed E-state index contributed by atoms with van der Waals surface area (Å²) < 4.78 is 5.76. The van der Waals surface area contributed by atoms with E-state index in [0.29, 0.717) is 6.04 Å². The molecule has 2 nitrogen and oxygen atoms in total. The highest BCUT2D eigenvalue weighted by Gasteiger charge is 2.27. The van der Waals surface area contributed by atoms with Crippen molar-refractivity contribution in [3.63, 3.8) is 0 Å². The molecular formula is C16H25NO. The van der Waals surface area contributed by atoms with Crippen molar-refractivity contribution in [3.8, 4) is 5.75 Å². The van der Waals surface area contributed by atoms with Crippen LogP contribution in [0.5, 0.6) is 5.75 Å². The zero-order valence-corrected chi connectivity index (χ0v) is 11.6. The summed E-state index contributed by atoms with van der Waals surface area (Å²) in [6.45, 7) is 6.08. The first-order valence-electron chi connectivity index (χ1n) is 7.30. The molecule has 0 saturated heterocycles. The van der Waals surface area contributed by atoms with Gasteiger partial charge in [0, 0.05) is 11.6 Å². The third kappa shape index (κ3) is 3.74. The number of rotatable bonds is 8. The zero-order chi connectivity index (χ0) is 12.8. The lowest BCUT2D eigenvalue weighted by molar-refractivity contribution is 0.328. The van der Waals surface area contributed by atoms with Gasteiger partial charge in [-0.2, -0.15) is 0 Å². The maximum Gasteiger partial charge on any atom is 0.124 e. The molecule has 1 aromatic carbocycles. The molecule has 1 aliphatic rings. The maximum absolute atomic E-state index is 5.76. The van der Waals surface area contributed by atoms with Gasteiger partial charge in [-0.3, -0.25) is 0 Å². The van der Waals surface area contributed by atoms with Crippen molar-refractivity contribution < 1.29 is 4.74 Å². The summed E-state index contributed by atoms with van der Waals surface area (Å²) in [5.41, 5.74) is 1.33. The predicted octanol–water partition coefficient (Wildman–Crippen LogP) is 3.93. The van der Waals surface area contributed by atoms with Gasteiger partial charge in [-0.1, -0.05) is 38.0 Å². The van der Waals surface area contributed by atoms with E-state index in [4.69, 9.17) is 4.74 Å². The van der Waals surface area contributed by atoms with Crippen molar-refractivity contribution >= 4 is 0 Å². The highest BCUT2D eigenvalue weighted by Crippen LogP contribution is 2.39. The molecule has 0 bridgehead atoms. The van der Waals surface area contributed by atoms with Crippen LogP contribution in [0.15, 0.2) is 24.3 Å². The second kappa shape index (κ2) is 6.79. The number of para-hydroxylation sites is 1. The monoisotopic (exact) mass is 247 g/mol. The van der Waals surface area contributed by atoms with E-state index in [0.717, 1.165) is 24.8 Å². The molecule has 2 heteroatoms. The molecule has 0 heterocycles. The number of benzene rings is 1. The van der Waals surface area contributed by atoms with E-state index in [1.807, 2.05) is 6.92 Å². The fourth-order valence-electron chi connectivity index (χ4n) is 2.38. The topological polar surface area (TPSA) is 21.3 Å². The van der Waals surface area contributed by atoms with Crippen LogP contribution < -0.4 is 10.1 Å². The van der Waals surface area contributed by atoms with Gasteiger partial charge in [-0.05, 0) is 38.3 Å². The van der Waals surface area contributed by atoms with Gasteiger partial charge in [-0.15, -0.1) is 0 Å². The standard InChI is InChI=1S/C16H25NO/c1-3-11-17-15(12-13-9-10-13)14-7-5-6-8-16(14)18-4-2/h5-8,13,15,17H,3-4,9-12H2,1-2H3. The van der Waals surface area contributed by atoms with Crippen molar-refractivity contribution in [2.75, 3.05) is 13.2 Å². The minimum absolute atomic E-state index is 0.459. The van der Waals surface area contributed by atoms with Gasteiger partial charge in [0.25, 0.3) is 0 Å². The molecule has 1 aromatic rings. The summed E-state index contributed by atoms with van der Waals surface area (Å²) in [4.78, 5) is 0. The molecule has 0 aliphatic heterocycles. The average Bonchev–Trinajstić information content (AvgIpc) is 3.20. The highest BCUT2D eigenvalue weighted by atomic mass is 16.5. The molecule has 1 aliphatic carbocycles. The Morgan fingerprint density at radius 2 is 2.06 bits per heavy atom. The van der Waals surface area contributed by atoms with Crippen LogP contribution in [0.2, 0.25) is 0 Å². The molecule has 0 spiro atoms. The quantitative estimate of drug-likeness (QED) is 0.751. The molecule has 1 atom stereocenters. The number of ether oxygens (including phenoxy) is 1. The molecule has 100 valence electrons. The van der Waals surface area contributed by atoms with Crippen LogP contribution >= 0.6 is 0 Å². The Morgan fingerprint density at radius 3 is 2.72 bits per heavy atom. The van der Waals surface area contributed by atoms with E-state index in [1.165, 1.54) is 31.2 Å². The highest BCUT2D eigenvalue weighted by molar-refractivity contribution is 5.36. The lowest BCUT2D eigenvalue weighted by Crippen LogP contribution is -2.23. The van der Waals surface area contributed by atoms with Crippen LogP contribution in [0.1, 0.15) is 51.1 Å². The fraction of sp³-hybridized carbons (Fsp3) is 0.625. The fourth-order valence-corrected chi connectivity index (χ4v) is 2.38. The Bertz CT molecular complexity index is 360. The normalized spacial score (nSPS) is 16.6. The largest absolute Gasteiger partial charge is 0.494 e. The first-order valence-corrected chi connectivity index (χ1v) is 7.30. The molecule has 1 fully saturated rings. The van der Waals surface area contributed by atoms with E-state index in [9.17, 15) is 0 Å². The van der Waals surface area contributed by atoms with Gasteiger partial charge in [0.1, 0.15) is 5.75 Å². The molecule has 1 N–H and O–H groups in total. The van der Waals surface area contributed by atoms with E-state index < -0.39 is 0 Å². The Morgan fingerprint density at radius 1 is 1.28 bits per heavy atom. The molecule has 1 saturated carbocycles. The number of hydrogen-bond donors (Lipinski definition) is 1. The molecule has 1 unspecified atom stereocenters. The minimum atomic E-state index is 0.459. The summed E-state index contributed by atoms with van der Waals surface area (Å²) in [5, 5.41) is 3.68. The Labute approximate surface area is 111 Å². The summed E-state index contributed by atoms with van der Waals surface area (Å²) in [6.07, 6.45) is 5.24. The second-order valence-corrected chi connectivity index (χ2v) is 5.16. The Balaban J connectivity index is 2.11. The van der Waals surface area contributed by atoms with Crippen molar-refractivity contribution in [1.82, 2.24) is 5.32 Å². The van der Waals surface area contributed by atoms with Crippen molar-refractivity contribution in [3.05, 3.63) is 29.8 Å². The first kappa shape index (κ1) is 13.4. The molecule has 0 radical (unpaired) electrons. The summed E-state index contributed by atoms with van der Waals surface area (Å²) in [5.74, 6) is 1.98. The van der Waals surface area contributed by atoms with Gasteiger partial charge < -0.3 is 10.1 Å². The minimum Gasteiger partial charge on any atom is -0.494 e. The van der Waals surface area contributed by atoms with Crippen LogP contribution in [0.3, 0.4) is 0 Å². The summed E-state index contributed by atoms with van der Waals surface area (Å²) >= 11 is 0. The maximum atomic E-state index is 5.76. The van der Waals surface area contributed by atoms with E-state index in [1.54, 1.807) is 0 Å². The average molecular weight is 247 g/mol. The smallest absolute Gasteiger partial charge is 0.124 e. The summed E-state index contributed by atoms with van der Waals surface area (Å²) in [6, 6.07) is 8.93. The third-order valence-corrected chi connectivity index (χ3v) is 3.50. The zero-order valence-electron chi connectivity index (χ0n) is 11.6. The molecule has 18 heavy (non-hydrogen) atoms. The second-order valence-electron chi connectivity index (χ2n) is 5.16. The van der Waals surface area contributed by atoms with Gasteiger partial charge >= 0.3 is 0 Å². The van der Waals surface area contributed by atoms with Crippen molar-refractivity contribution in [1.29, 1.82) is 0 Å². The van der Waals surface area contributed by atoms with Gasteiger partial charge in [0.15, 0.2) is 0 Å². The summed E-state index contributed by atoms with van der Waals surface area (Å²) in [7, 11) is 0. The van der Waals surface area contributed by atoms with Crippen molar-refractivity contribution in [2.24, 2.45) is 5.92 Å². The number of hydrogen-bond acceptors (Lipinski definition) is 2. The van der Waals surface area contributed by atoms with Gasteiger partial charge in [-0.25, -0.2) is 0 Å². The van der Waals surface area contributed by atoms with Gasteiger partial charge in [0.2, 0.25) is 0 Å². The van der Waals surface area contributed by atoms with E-state index in [-0.39, 0.29) is 0 Å². The van der Waals surface area contributed by atoms with Crippen LogP contribution in [0, 0.1) is 5.92 Å². The third-order valence-electron chi connectivity index (χ3n) is 3.50. The molecular weight excluding hydrogens is 222 g/mol. The lowest BCUT2D eigenvalue weighted by atomic mass is 10.00. The van der Waals surface area contributed by atoms with Crippen LogP contribution in [0.25, 0.3) is 0 Å².